The van der Waals surface area contributed by atoms with Crippen molar-refractivity contribution in [3.63, 3.8) is 0 Å². The topological polar surface area (TPSA) is 4.93 Å². The van der Waals surface area contributed by atoms with E-state index in [0.29, 0.717) is 15.1 Å². The minimum absolute atomic E-state index is 0.658. The zero-order valence-corrected chi connectivity index (χ0v) is 32.5. The smallest absolute Gasteiger partial charge is 0.0524 e. The van der Waals surface area contributed by atoms with Crippen LogP contribution in [0.5, 0.6) is 0 Å². The molecule has 0 aliphatic rings. The second-order valence-corrected chi connectivity index (χ2v) is 16.0. The lowest BCUT2D eigenvalue weighted by molar-refractivity contribution is 0.667. The van der Waals surface area contributed by atoms with Gasteiger partial charge in [-0.25, -0.2) is 0 Å². The van der Waals surface area contributed by atoms with Crippen LogP contribution in [0.25, 0.3) is 64.9 Å². The van der Waals surface area contributed by atoms with Gasteiger partial charge in [0.1, 0.15) is 0 Å². The Bertz CT molecular complexity index is 2490. The summed E-state index contributed by atoms with van der Waals surface area (Å²) in [5.74, 6) is 0. The zero-order valence-electron chi connectivity index (χ0n) is 29.4. The monoisotopic (exact) mass is 749 g/mol. The van der Waals surface area contributed by atoms with Gasteiger partial charge in [0.05, 0.1) is 5.02 Å². The first-order chi connectivity index (χ1) is 24.9. The van der Waals surface area contributed by atoms with Gasteiger partial charge in [-0.05, 0) is 108 Å². The minimum Gasteiger partial charge on any atom is -0.340 e. The predicted molar refractivity (Wildman–Crippen MR) is 227 cm³/mol. The summed E-state index contributed by atoms with van der Waals surface area (Å²) in [7, 11) is 0. The Labute approximate surface area is 320 Å². The summed E-state index contributed by atoms with van der Waals surface area (Å²) in [6.45, 7) is 5.36. The van der Waals surface area contributed by atoms with Gasteiger partial charge < -0.3 is 4.57 Å². The highest BCUT2D eigenvalue weighted by Gasteiger charge is 2.23. The van der Waals surface area contributed by atoms with E-state index in [9.17, 15) is 0 Å². The molecule has 0 N–H and O–H groups in total. The summed E-state index contributed by atoms with van der Waals surface area (Å²) in [5, 5.41) is 13.4. The normalized spacial score (nSPS) is 12.3. The van der Waals surface area contributed by atoms with Gasteiger partial charge >= 0.3 is 0 Å². The van der Waals surface area contributed by atoms with Crippen LogP contribution in [0, 0.1) is 0 Å². The molecule has 51 heavy (non-hydrogen) atoms. The highest BCUT2D eigenvalue weighted by atomic mass is 35.5. The molecule has 7 aromatic carbocycles. The maximum absolute atomic E-state index is 7.53. The molecule has 0 bridgehead atoms. The van der Waals surface area contributed by atoms with Crippen LogP contribution in [0.4, 0.5) is 0 Å². The van der Waals surface area contributed by atoms with E-state index in [4.69, 9.17) is 46.4 Å². The van der Waals surface area contributed by atoms with E-state index in [2.05, 4.69) is 66.9 Å². The van der Waals surface area contributed by atoms with E-state index < -0.39 is 0 Å². The van der Waals surface area contributed by atoms with Gasteiger partial charge in [-0.3, -0.25) is 0 Å². The van der Waals surface area contributed by atoms with Gasteiger partial charge in [0.2, 0.25) is 0 Å². The molecule has 1 aromatic heterocycles. The number of hydrogen-bond donors (Lipinski definition) is 0. The lowest BCUT2D eigenvalue weighted by Gasteiger charge is -2.20. The van der Waals surface area contributed by atoms with E-state index in [-0.39, 0.29) is 0 Å². The fourth-order valence-electron chi connectivity index (χ4n) is 8.52. The van der Waals surface area contributed by atoms with Crippen LogP contribution < -0.4 is 0 Å². The molecule has 8 aromatic rings. The second-order valence-electron chi connectivity index (χ2n) is 14.4. The molecular formula is C46H43Cl4N. The standard InChI is InChI=1S/C46H43Cl4N/c1-3-5-7-9-11-28-13-21-38-33(25-28)34-26-29(12-10-8-6-4-2)14-22-39(34)51(38)24-23-32-27-31-17-20-36(48)43-41(31)45(46(32)50)44-37(49)19-16-30-15-18-35(47)42(43)40(30)44/h13-22,25-27H,3-12,23-24H2,1-2H3. The highest BCUT2D eigenvalue weighted by Crippen LogP contribution is 2.50. The van der Waals surface area contributed by atoms with Crippen LogP contribution in [0.2, 0.25) is 20.1 Å². The van der Waals surface area contributed by atoms with E-state index >= 15 is 0 Å². The Hall–Kier alpha value is -3.20. The molecule has 0 spiro atoms. The Balaban J connectivity index is 1.25. The predicted octanol–water partition coefficient (Wildman–Crippen LogP) is 15.9. The third-order valence-corrected chi connectivity index (χ3v) is 12.5. The molecule has 0 aliphatic heterocycles. The summed E-state index contributed by atoms with van der Waals surface area (Å²) >= 11 is 28.5. The van der Waals surface area contributed by atoms with Crippen molar-refractivity contribution in [2.75, 3.05) is 0 Å². The lowest BCUT2D eigenvalue weighted by atomic mass is 9.88. The minimum atomic E-state index is 0.658. The molecule has 0 saturated carbocycles. The van der Waals surface area contributed by atoms with Crippen molar-refractivity contribution < 1.29 is 0 Å². The molecule has 0 aliphatic carbocycles. The van der Waals surface area contributed by atoms with Crippen LogP contribution in [0.15, 0.2) is 78.9 Å². The van der Waals surface area contributed by atoms with E-state index in [1.807, 2.05) is 30.3 Å². The van der Waals surface area contributed by atoms with Crippen molar-refractivity contribution in [1.82, 2.24) is 4.57 Å². The molecular weight excluding hydrogens is 708 g/mol. The molecule has 0 unspecified atom stereocenters. The summed E-state index contributed by atoms with van der Waals surface area (Å²) in [6, 6.07) is 28.7. The summed E-state index contributed by atoms with van der Waals surface area (Å²) in [6.07, 6.45) is 13.2. The second kappa shape index (κ2) is 14.7. The van der Waals surface area contributed by atoms with Crippen LogP contribution in [0.1, 0.15) is 81.9 Å². The van der Waals surface area contributed by atoms with Crippen LogP contribution in [-0.4, -0.2) is 4.57 Å². The fraction of sp³-hybridized carbons (Fsp3) is 0.304. The van der Waals surface area contributed by atoms with Crippen molar-refractivity contribution in [1.29, 1.82) is 0 Å². The Morgan fingerprint density at radius 1 is 0.451 bits per heavy atom. The van der Waals surface area contributed by atoms with Gasteiger partial charge in [-0.1, -0.05) is 129 Å². The van der Waals surface area contributed by atoms with Crippen molar-refractivity contribution in [3.8, 4) is 0 Å². The van der Waals surface area contributed by atoms with E-state index in [0.717, 1.165) is 79.5 Å². The van der Waals surface area contributed by atoms with Crippen molar-refractivity contribution in [2.45, 2.75) is 91.0 Å². The van der Waals surface area contributed by atoms with Gasteiger partial charge in [0.15, 0.2) is 0 Å². The maximum Gasteiger partial charge on any atom is 0.0524 e. The number of aryl methyl sites for hydroxylation is 4. The maximum atomic E-state index is 7.53. The summed E-state index contributed by atoms with van der Waals surface area (Å²) < 4.78 is 2.51. The number of rotatable bonds is 13. The van der Waals surface area contributed by atoms with Gasteiger partial charge in [0.25, 0.3) is 0 Å². The number of fused-ring (bicyclic) bond motifs is 5. The highest BCUT2D eigenvalue weighted by molar-refractivity contribution is 6.53. The average Bonchev–Trinajstić information content (AvgIpc) is 3.44. The average molecular weight is 752 g/mol. The van der Waals surface area contributed by atoms with E-state index in [1.165, 1.54) is 84.3 Å². The molecule has 1 heterocycles. The van der Waals surface area contributed by atoms with Crippen LogP contribution >= 0.6 is 46.4 Å². The molecule has 1 nitrogen and oxygen atoms in total. The summed E-state index contributed by atoms with van der Waals surface area (Å²) in [5.41, 5.74) is 6.54. The quantitative estimate of drug-likeness (QED) is 0.0628. The van der Waals surface area contributed by atoms with Crippen LogP contribution in [0.3, 0.4) is 0 Å². The van der Waals surface area contributed by atoms with E-state index in [1.54, 1.807) is 0 Å². The first-order valence-electron chi connectivity index (χ1n) is 18.8. The van der Waals surface area contributed by atoms with Gasteiger partial charge in [-0.15, -0.1) is 0 Å². The molecule has 0 amide bonds. The molecule has 0 saturated heterocycles. The molecule has 8 rings (SSSR count). The first-order valence-corrected chi connectivity index (χ1v) is 20.3. The third kappa shape index (κ3) is 6.23. The van der Waals surface area contributed by atoms with Crippen molar-refractivity contribution in [2.24, 2.45) is 0 Å². The number of unbranched alkanes of at least 4 members (excludes halogenated alkanes) is 6. The van der Waals surface area contributed by atoms with Gasteiger partial charge in [-0.2, -0.15) is 0 Å². The molecule has 0 fully saturated rings. The van der Waals surface area contributed by atoms with Crippen molar-refractivity contribution in [3.05, 3.63) is 116 Å². The number of nitrogens with zero attached hydrogens (tertiary/aromatic N) is 1. The summed E-state index contributed by atoms with van der Waals surface area (Å²) in [4.78, 5) is 0. The van der Waals surface area contributed by atoms with Crippen LogP contribution in [-0.2, 0) is 25.8 Å². The Kier molecular flexibility index (Phi) is 10.0. The SMILES string of the molecule is CCCCCCc1ccc2c(c1)c1cc(CCCCCC)ccc1n2CCc1cc2ccc(Cl)c3c4c(Cl)ccc5ccc(Cl)c(c(c1Cl)c23)c54. The fourth-order valence-corrected chi connectivity index (χ4v) is 9.61. The molecule has 0 atom stereocenters. The number of hydrogen-bond acceptors (Lipinski definition) is 0. The number of benzene rings is 7. The molecule has 260 valence electrons. The van der Waals surface area contributed by atoms with Crippen molar-refractivity contribution >= 4 is 111 Å². The largest absolute Gasteiger partial charge is 0.340 e. The number of aromatic nitrogens is 1. The lowest BCUT2D eigenvalue weighted by Crippen LogP contribution is -2.03. The Morgan fingerprint density at radius 3 is 1.47 bits per heavy atom. The first kappa shape index (κ1) is 34.9. The Morgan fingerprint density at radius 2 is 0.941 bits per heavy atom. The molecule has 5 heteroatoms. The zero-order chi connectivity index (χ0) is 35.2. The number of halogens is 4. The van der Waals surface area contributed by atoms with Gasteiger partial charge in [0, 0.05) is 75.7 Å². The molecule has 0 radical (unpaired) electrons. The third-order valence-electron chi connectivity index (χ3n) is 11.1.